The van der Waals surface area contributed by atoms with Crippen LogP contribution in [0.3, 0.4) is 0 Å². The second-order valence-corrected chi connectivity index (χ2v) is 7.74. The normalized spacial score (nSPS) is 10.8. The predicted octanol–water partition coefficient (Wildman–Crippen LogP) is 5.53. The summed E-state index contributed by atoms with van der Waals surface area (Å²) in [6.07, 6.45) is 3.14. The molecular weight excluding hydrogens is 422 g/mol. The van der Waals surface area contributed by atoms with Gasteiger partial charge in [-0.25, -0.2) is 4.98 Å². The van der Waals surface area contributed by atoms with Gasteiger partial charge in [0.2, 0.25) is 5.91 Å². The van der Waals surface area contributed by atoms with Crippen molar-refractivity contribution in [2.24, 2.45) is 0 Å². The Labute approximate surface area is 189 Å². The summed E-state index contributed by atoms with van der Waals surface area (Å²) < 4.78 is 11.7. The molecule has 1 aromatic heterocycles. The van der Waals surface area contributed by atoms with Crippen molar-refractivity contribution in [3.05, 3.63) is 78.4 Å². The third-order valence-corrected chi connectivity index (χ3v) is 5.69. The van der Waals surface area contributed by atoms with Crippen molar-refractivity contribution in [2.75, 3.05) is 19.0 Å². The molecule has 4 rings (SSSR count). The van der Waals surface area contributed by atoms with Gasteiger partial charge >= 0.3 is 0 Å². The highest BCUT2D eigenvalue weighted by molar-refractivity contribution is 7.21. The van der Waals surface area contributed by atoms with Crippen LogP contribution in [0, 0.1) is 11.3 Å². The summed E-state index contributed by atoms with van der Waals surface area (Å²) in [6.45, 7) is -0.0674. The lowest BCUT2D eigenvalue weighted by molar-refractivity contribution is -0.111. The van der Waals surface area contributed by atoms with E-state index in [9.17, 15) is 4.79 Å². The van der Waals surface area contributed by atoms with Crippen LogP contribution in [0.5, 0.6) is 11.5 Å². The zero-order chi connectivity index (χ0) is 22.3. The highest BCUT2D eigenvalue weighted by atomic mass is 32.1. The maximum Gasteiger partial charge on any atom is 0.248 e. The number of ether oxygens (including phenoxy) is 2. The second-order valence-electron chi connectivity index (χ2n) is 6.71. The minimum atomic E-state index is -0.262. The van der Waals surface area contributed by atoms with E-state index in [2.05, 4.69) is 5.32 Å². The zero-order valence-electron chi connectivity index (χ0n) is 17.2. The summed E-state index contributed by atoms with van der Waals surface area (Å²) in [6, 6.07) is 22.7. The van der Waals surface area contributed by atoms with Gasteiger partial charge < -0.3 is 14.8 Å². The number of benzene rings is 3. The summed E-state index contributed by atoms with van der Waals surface area (Å²) >= 11 is 1.59. The highest BCUT2D eigenvalue weighted by Gasteiger charge is 2.11. The first-order valence-electron chi connectivity index (χ1n) is 9.80. The number of thiazole rings is 1. The number of aromatic nitrogens is 1. The van der Waals surface area contributed by atoms with Crippen LogP contribution in [0.1, 0.15) is 5.56 Å². The van der Waals surface area contributed by atoms with E-state index in [4.69, 9.17) is 19.7 Å². The number of nitriles is 1. The number of nitrogens with zero attached hydrogens (tertiary/aromatic N) is 2. The van der Waals surface area contributed by atoms with E-state index in [0.717, 1.165) is 26.4 Å². The van der Waals surface area contributed by atoms with Crippen molar-refractivity contribution < 1.29 is 14.3 Å². The molecule has 3 aromatic carbocycles. The maximum absolute atomic E-state index is 12.6. The Balaban J connectivity index is 1.51. The number of carbonyl (C=O) groups excluding carboxylic acids is 1. The predicted molar refractivity (Wildman–Crippen MR) is 127 cm³/mol. The first-order valence-corrected chi connectivity index (χ1v) is 10.6. The van der Waals surface area contributed by atoms with Crippen molar-refractivity contribution in [1.82, 2.24) is 4.98 Å². The van der Waals surface area contributed by atoms with E-state index in [1.165, 1.54) is 13.2 Å². The number of para-hydroxylation sites is 2. The molecule has 0 fully saturated rings. The van der Waals surface area contributed by atoms with Gasteiger partial charge in [0.05, 0.1) is 23.0 Å². The van der Waals surface area contributed by atoms with Gasteiger partial charge in [-0.1, -0.05) is 30.3 Å². The van der Waals surface area contributed by atoms with Crippen LogP contribution < -0.4 is 14.8 Å². The van der Waals surface area contributed by atoms with Gasteiger partial charge in [0.15, 0.2) is 18.1 Å². The fraction of sp³-hybridized carbons (Fsp3) is 0.0800. The Morgan fingerprint density at radius 3 is 2.75 bits per heavy atom. The van der Waals surface area contributed by atoms with Crippen molar-refractivity contribution in [1.29, 1.82) is 5.26 Å². The molecule has 0 radical (unpaired) electrons. The van der Waals surface area contributed by atoms with E-state index >= 15 is 0 Å². The molecule has 0 bridgehead atoms. The van der Waals surface area contributed by atoms with E-state index < -0.39 is 0 Å². The number of hydrogen-bond acceptors (Lipinski definition) is 6. The quantitative estimate of drug-likeness (QED) is 0.382. The van der Waals surface area contributed by atoms with Crippen molar-refractivity contribution in [3.8, 4) is 28.1 Å². The van der Waals surface area contributed by atoms with Crippen LogP contribution in [0.15, 0.2) is 72.8 Å². The lowest BCUT2D eigenvalue weighted by atomic mass is 10.1. The smallest absolute Gasteiger partial charge is 0.248 e. The molecule has 32 heavy (non-hydrogen) atoms. The standard InChI is InChI=1S/C25H19N3O3S/c1-30-22-16-17(10-12-21(22)31-15-14-26)11-13-24(29)27-19-7-3-2-6-18(19)25-28-20-8-4-5-9-23(20)32-25/h2-13,16H,15H2,1H3,(H,27,29)/b13-11+. The monoisotopic (exact) mass is 441 g/mol. The number of anilines is 1. The largest absolute Gasteiger partial charge is 0.493 e. The number of amides is 1. The molecule has 1 N–H and O–H groups in total. The summed E-state index contributed by atoms with van der Waals surface area (Å²) in [7, 11) is 1.52. The van der Waals surface area contributed by atoms with Gasteiger partial charge in [0.25, 0.3) is 0 Å². The second kappa shape index (κ2) is 9.77. The minimum Gasteiger partial charge on any atom is -0.493 e. The lowest BCUT2D eigenvalue weighted by Crippen LogP contribution is -2.08. The Morgan fingerprint density at radius 2 is 1.94 bits per heavy atom. The lowest BCUT2D eigenvalue weighted by Gasteiger charge is -2.09. The summed E-state index contributed by atoms with van der Waals surface area (Å²) in [5.74, 6) is 0.701. The average molecular weight is 442 g/mol. The first kappa shape index (κ1) is 21.1. The summed E-state index contributed by atoms with van der Waals surface area (Å²) in [5, 5.41) is 12.5. The molecule has 0 atom stereocenters. The van der Waals surface area contributed by atoms with Gasteiger partial charge in [-0.3, -0.25) is 4.79 Å². The van der Waals surface area contributed by atoms with Crippen molar-refractivity contribution >= 4 is 39.2 Å². The van der Waals surface area contributed by atoms with E-state index in [-0.39, 0.29) is 12.5 Å². The molecule has 0 aliphatic carbocycles. The number of fused-ring (bicyclic) bond motifs is 1. The van der Waals surface area contributed by atoms with Crippen LogP contribution in [-0.2, 0) is 4.79 Å². The fourth-order valence-corrected chi connectivity index (χ4v) is 4.13. The van der Waals surface area contributed by atoms with Crippen molar-refractivity contribution in [3.63, 3.8) is 0 Å². The molecular formula is C25H19N3O3S. The third-order valence-electron chi connectivity index (χ3n) is 4.62. The number of carbonyl (C=O) groups is 1. The summed E-state index contributed by atoms with van der Waals surface area (Å²) in [5.41, 5.74) is 3.26. The van der Waals surface area contributed by atoms with E-state index in [1.54, 1.807) is 35.6 Å². The molecule has 158 valence electrons. The molecule has 0 unspecified atom stereocenters. The van der Waals surface area contributed by atoms with Gasteiger partial charge in [-0.15, -0.1) is 11.3 Å². The fourth-order valence-electron chi connectivity index (χ4n) is 3.13. The summed E-state index contributed by atoms with van der Waals surface area (Å²) in [4.78, 5) is 17.3. The molecule has 1 amide bonds. The molecule has 7 heteroatoms. The Kier molecular flexibility index (Phi) is 6.44. The zero-order valence-corrected chi connectivity index (χ0v) is 18.1. The van der Waals surface area contributed by atoms with E-state index in [0.29, 0.717) is 17.2 Å². The Morgan fingerprint density at radius 1 is 1.12 bits per heavy atom. The van der Waals surface area contributed by atoms with Crippen LogP contribution in [0.4, 0.5) is 5.69 Å². The number of rotatable bonds is 7. The Bertz CT molecular complexity index is 1300. The number of methoxy groups -OCH3 is 1. The SMILES string of the molecule is COc1cc(/C=C/C(=O)Nc2ccccc2-c2nc3ccccc3s2)ccc1OCC#N. The van der Waals surface area contributed by atoms with Gasteiger partial charge in [0.1, 0.15) is 11.1 Å². The number of nitrogens with one attached hydrogen (secondary N) is 1. The van der Waals surface area contributed by atoms with Crippen LogP contribution in [-0.4, -0.2) is 24.6 Å². The topological polar surface area (TPSA) is 84.2 Å². The molecule has 0 saturated heterocycles. The van der Waals surface area contributed by atoms with Gasteiger partial charge in [-0.05, 0) is 48.0 Å². The molecule has 1 heterocycles. The molecule has 0 saturated carbocycles. The van der Waals surface area contributed by atoms with Gasteiger partial charge in [0, 0.05) is 11.6 Å². The van der Waals surface area contributed by atoms with Crippen molar-refractivity contribution in [2.45, 2.75) is 0 Å². The van der Waals surface area contributed by atoms with E-state index in [1.807, 2.05) is 54.6 Å². The highest BCUT2D eigenvalue weighted by Crippen LogP contribution is 2.34. The van der Waals surface area contributed by atoms with Gasteiger partial charge in [-0.2, -0.15) is 5.26 Å². The van der Waals surface area contributed by atoms with Crippen LogP contribution in [0.2, 0.25) is 0 Å². The Hall–Kier alpha value is -4.15. The average Bonchev–Trinajstić information content (AvgIpc) is 3.26. The van der Waals surface area contributed by atoms with Crippen LogP contribution >= 0.6 is 11.3 Å². The first-order chi connectivity index (χ1) is 15.7. The van der Waals surface area contributed by atoms with Crippen LogP contribution in [0.25, 0.3) is 26.9 Å². The third kappa shape index (κ3) is 4.77. The molecule has 0 aliphatic heterocycles. The molecule has 0 spiro atoms. The molecule has 4 aromatic rings. The molecule has 0 aliphatic rings. The maximum atomic E-state index is 12.6. The molecule has 6 nitrogen and oxygen atoms in total. The minimum absolute atomic E-state index is 0.0674. The number of hydrogen-bond donors (Lipinski definition) is 1.